The van der Waals surface area contributed by atoms with E-state index in [1.807, 2.05) is 0 Å². The van der Waals surface area contributed by atoms with Crippen molar-refractivity contribution in [1.82, 2.24) is 9.78 Å². The van der Waals surface area contributed by atoms with Crippen LogP contribution >= 0.6 is 27.5 Å². The Morgan fingerprint density at radius 2 is 2.29 bits per heavy atom. The normalized spacial score (nSPS) is 10.3. The second-order valence-electron chi connectivity index (χ2n) is 3.48. The smallest absolute Gasteiger partial charge is 0.258 e. The number of benzene rings is 1. The zero-order valence-electron chi connectivity index (χ0n) is 8.95. The van der Waals surface area contributed by atoms with Crippen LogP contribution in [0.25, 0.3) is 0 Å². The molecule has 17 heavy (non-hydrogen) atoms. The fourth-order valence-corrected chi connectivity index (χ4v) is 1.84. The molecule has 0 fully saturated rings. The van der Waals surface area contributed by atoms with Crippen molar-refractivity contribution in [3.05, 3.63) is 45.7 Å². The van der Waals surface area contributed by atoms with Crippen LogP contribution in [0.3, 0.4) is 0 Å². The number of aryl methyl sites for hydroxylation is 1. The molecule has 1 N–H and O–H groups in total. The van der Waals surface area contributed by atoms with E-state index in [2.05, 4.69) is 26.3 Å². The second-order valence-corrected chi connectivity index (χ2v) is 4.77. The van der Waals surface area contributed by atoms with Crippen LogP contribution in [0.15, 0.2) is 35.1 Å². The van der Waals surface area contributed by atoms with Crippen molar-refractivity contribution in [1.29, 1.82) is 0 Å². The molecule has 2 aromatic rings. The van der Waals surface area contributed by atoms with Gasteiger partial charge in [-0.05, 0) is 34.1 Å². The topological polar surface area (TPSA) is 46.9 Å². The van der Waals surface area contributed by atoms with Crippen LogP contribution in [-0.4, -0.2) is 15.7 Å². The number of nitrogens with one attached hydrogen (secondary N) is 1. The molecule has 0 unspecified atom stereocenters. The van der Waals surface area contributed by atoms with Crippen LogP contribution in [0.1, 0.15) is 10.4 Å². The van der Waals surface area contributed by atoms with Crippen LogP contribution in [0.5, 0.6) is 0 Å². The number of anilines is 1. The largest absolute Gasteiger partial charge is 0.321 e. The van der Waals surface area contributed by atoms with E-state index in [4.69, 9.17) is 11.6 Å². The Balaban J connectivity index is 2.21. The van der Waals surface area contributed by atoms with Crippen molar-refractivity contribution in [2.45, 2.75) is 0 Å². The van der Waals surface area contributed by atoms with Gasteiger partial charge in [-0.1, -0.05) is 11.6 Å². The van der Waals surface area contributed by atoms with E-state index in [1.54, 1.807) is 36.1 Å². The van der Waals surface area contributed by atoms with Crippen LogP contribution in [0.4, 0.5) is 5.69 Å². The van der Waals surface area contributed by atoms with Gasteiger partial charge in [0.15, 0.2) is 0 Å². The van der Waals surface area contributed by atoms with Gasteiger partial charge in [0.05, 0.1) is 17.4 Å². The maximum atomic E-state index is 11.9. The molecule has 1 heterocycles. The SMILES string of the molecule is Cn1cc(C(=O)Nc2cc(Cl)ccc2Br)cn1. The minimum Gasteiger partial charge on any atom is -0.321 e. The summed E-state index contributed by atoms with van der Waals surface area (Å²) in [6, 6.07) is 5.20. The molecule has 0 aliphatic heterocycles. The summed E-state index contributed by atoms with van der Waals surface area (Å²) < 4.78 is 2.35. The van der Waals surface area contributed by atoms with E-state index < -0.39 is 0 Å². The van der Waals surface area contributed by atoms with Crippen molar-refractivity contribution in [3.63, 3.8) is 0 Å². The summed E-state index contributed by atoms with van der Waals surface area (Å²) in [6.45, 7) is 0. The van der Waals surface area contributed by atoms with Crippen LogP contribution in [-0.2, 0) is 7.05 Å². The maximum absolute atomic E-state index is 11.9. The quantitative estimate of drug-likeness (QED) is 0.926. The van der Waals surface area contributed by atoms with Gasteiger partial charge in [-0.15, -0.1) is 0 Å². The Bertz CT molecular complexity index is 568. The summed E-state index contributed by atoms with van der Waals surface area (Å²) in [6.07, 6.45) is 3.15. The second kappa shape index (κ2) is 4.89. The van der Waals surface area contributed by atoms with E-state index in [9.17, 15) is 4.79 Å². The molecule has 88 valence electrons. The minimum atomic E-state index is -0.221. The molecule has 2 rings (SSSR count). The number of rotatable bonds is 2. The molecule has 0 saturated carbocycles. The van der Waals surface area contributed by atoms with Gasteiger partial charge >= 0.3 is 0 Å². The highest BCUT2D eigenvalue weighted by atomic mass is 79.9. The Morgan fingerprint density at radius 1 is 1.53 bits per heavy atom. The van der Waals surface area contributed by atoms with Crippen molar-refractivity contribution >= 4 is 39.1 Å². The average Bonchev–Trinajstić information content (AvgIpc) is 2.70. The minimum absolute atomic E-state index is 0.221. The highest BCUT2D eigenvalue weighted by molar-refractivity contribution is 9.10. The number of aromatic nitrogens is 2. The van der Waals surface area contributed by atoms with Gasteiger partial charge in [0, 0.05) is 22.7 Å². The Morgan fingerprint density at radius 3 is 2.94 bits per heavy atom. The van der Waals surface area contributed by atoms with Gasteiger partial charge in [-0.3, -0.25) is 9.48 Å². The molecule has 0 aliphatic carbocycles. The Labute approximate surface area is 112 Å². The number of carbonyl (C=O) groups excluding carboxylic acids is 1. The molecule has 0 saturated heterocycles. The molecule has 6 heteroatoms. The van der Waals surface area contributed by atoms with Crippen molar-refractivity contribution in [2.24, 2.45) is 7.05 Å². The first-order chi connectivity index (χ1) is 8.06. The summed E-state index contributed by atoms with van der Waals surface area (Å²) in [5, 5.41) is 7.26. The lowest BCUT2D eigenvalue weighted by Gasteiger charge is -2.06. The lowest BCUT2D eigenvalue weighted by molar-refractivity contribution is 0.102. The van der Waals surface area contributed by atoms with Crippen molar-refractivity contribution in [3.8, 4) is 0 Å². The third kappa shape index (κ3) is 2.87. The number of hydrogen-bond acceptors (Lipinski definition) is 2. The number of hydrogen-bond donors (Lipinski definition) is 1. The molecule has 0 radical (unpaired) electrons. The van der Waals surface area contributed by atoms with Crippen molar-refractivity contribution < 1.29 is 4.79 Å². The molecule has 0 aliphatic rings. The summed E-state index contributed by atoms with van der Waals surface area (Å²) >= 11 is 9.20. The summed E-state index contributed by atoms with van der Waals surface area (Å²) in [4.78, 5) is 11.9. The summed E-state index contributed by atoms with van der Waals surface area (Å²) in [5.74, 6) is -0.221. The van der Waals surface area contributed by atoms with E-state index in [1.165, 1.54) is 6.20 Å². The first-order valence-corrected chi connectivity index (χ1v) is 5.98. The third-order valence-electron chi connectivity index (χ3n) is 2.14. The third-order valence-corrected chi connectivity index (χ3v) is 3.07. The summed E-state index contributed by atoms with van der Waals surface area (Å²) in [7, 11) is 1.76. The highest BCUT2D eigenvalue weighted by Gasteiger charge is 2.10. The number of amides is 1. The zero-order chi connectivity index (χ0) is 12.4. The van der Waals surface area contributed by atoms with E-state index in [0.717, 1.165) is 4.47 Å². The number of carbonyl (C=O) groups is 1. The molecule has 0 bridgehead atoms. The lowest BCUT2D eigenvalue weighted by atomic mass is 10.3. The lowest BCUT2D eigenvalue weighted by Crippen LogP contribution is -2.11. The molecule has 1 aromatic heterocycles. The number of halogens is 2. The maximum Gasteiger partial charge on any atom is 0.258 e. The van der Waals surface area contributed by atoms with Gasteiger partial charge in [-0.25, -0.2) is 0 Å². The highest BCUT2D eigenvalue weighted by Crippen LogP contribution is 2.26. The zero-order valence-corrected chi connectivity index (χ0v) is 11.3. The van der Waals surface area contributed by atoms with Crippen LogP contribution in [0.2, 0.25) is 5.02 Å². The number of nitrogens with zero attached hydrogens (tertiary/aromatic N) is 2. The molecule has 0 atom stereocenters. The van der Waals surface area contributed by atoms with Crippen LogP contribution in [0, 0.1) is 0 Å². The Kier molecular flexibility index (Phi) is 3.49. The Hall–Kier alpha value is -1.33. The van der Waals surface area contributed by atoms with Gasteiger partial charge in [0.25, 0.3) is 5.91 Å². The molecular weight excluding hydrogens is 305 g/mol. The van der Waals surface area contributed by atoms with E-state index in [-0.39, 0.29) is 5.91 Å². The van der Waals surface area contributed by atoms with E-state index >= 15 is 0 Å². The van der Waals surface area contributed by atoms with Gasteiger partial charge in [-0.2, -0.15) is 5.10 Å². The predicted octanol–water partition coefficient (Wildman–Crippen LogP) is 3.09. The predicted molar refractivity (Wildman–Crippen MR) is 70.3 cm³/mol. The molecule has 0 spiro atoms. The molecule has 4 nitrogen and oxygen atoms in total. The average molecular weight is 315 g/mol. The fourth-order valence-electron chi connectivity index (χ4n) is 1.33. The van der Waals surface area contributed by atoms with Gasteiger partial charge < -0.3 is 5.32 Å². The first-order valence-electron chi connectivity index (χ1n) is 4.81. The van der Waals surface area contributed by atoms with Gasteiger partial charge in [0.1, 0.15) is 0 Å². The molecule has 1 aromatic carbocycles. The first kappa shape index (κ1) is 12.1. The fraction of sp³-hybridized carbons (Fsp3) is 0.0909. The molecular formula is C11H9BrClN3O. The molecule has 1 amide bonds. The van der Waals surface area contributed by atoms with Crippen molar-refractivity contribution in [2.75, 3.05) is 5.32 Å². The van der Waals surface area contributed by atoms with E-state index in [0.29, 0.717) is 16.3 Å². The van der Waals surface area contributed by atoms with Crippen LogP contribution < -0.4 is 5.32 Å². The standard InChI is InChI=1S/C11H9BrClN3O/c1-16-6-7(5-14-16)11(17)15-10-4-8(13)2-3-9(10)12/h2-6H,1H3,(H,15,17). The van der Waals surface area contributed by atoms with Gasteiger partial charge in [0.2, 0.25) is 0 Å². The summed E-state index contributed by atoms with van der Waals surface area (Å²) in [5.41, 5.74) is 1.13. The monoisotopic (exact) mass is 313 g/mol.